The molecule has 0 unspecified atom stereocenters. The van der Waals surface area contributed by atoms with E-state index in [0.29, 0.717) is 29.2 Å². The Morgan fingerprint density at radius 1 is 1.12 bits per heavy atom. The number of aromatic nitrogens is 6. The average Bonchev–Trinajstić information content (AvgIpc) is 3.34. The fourth-order valence-electron chi connectivity index (χ4n) is 5.24. The van der Waals surface area contributed by atoms with Gasteiger partial charge in [0.25, 0.3) is 11.9 Å². The van der Waals surface area contributed by atoms with Crippen molar-refractivity contribution < 1.29 is 31.4 Å². The summed E-state index contributed by atoms with van der Waals surface area (Å²) in [4.78, 5) is 22.5. The number of rotatable bonds is 11. The van der Waals surface area contributed by atoms with Crippen LogP contribution in [-0.2, 0) is 11.3 Å². The van der Waals surface area contributed by atoms with E-state index in [4.69, 9.17) is 15.2 Å². The number of piperidine rings is 1. The number of nitrogens with one attached hydrogen (secondary N) is 1. The van der Waals surface area contributed by atoms with Crippen molar-refractivity contribution in [3.8, 4) is 17.1 Å². The van der Waals surface area contributed by atoms with Gasteiger partial charge in [0.15, 0.2) is 17.2 Å². The number of imidazole rings is 1. The number of ether oxygens (including phenoxy) is 2. The van der Waals surface area contributed by atoms with Crippen molar-refractivity contribution in [2.75, 3.05) is 43.8 Å². The smallest absolute Gasteiger partial charge is 0.267 e. The van der Waals surface area contributed by atoms with Crippen molar-refractivity contribution >= 4 is 22.7 Å². The summed E-state index contributed by atoms with van der Waals surface area (Å²) in [6.45, 7) is 1.58. The van der Waals surface area contributed by atoms with E-state index in [9.17, 15) is 22.0 Å². The van der Waals surface area contributed by atoms with E-state index in [0.717, 1.165) is 0 Å². The summed E-state index contributed by atoms with van der Waals surface area (Å²) < 4.78 is 82.9. The summed E-state index contributed by atoms with van der Waals surface area (Å²) in [6, 6.07) is 4.47. The fourth-order valence-corrected chi connectivity index (χ4v) is 5.24. The molecule has 11 nitrogen and oxygen atoms in total. The van der Waals surface area contributed by atoms with Crippen molar-refractivity contribution in [2.24, 2.45) is 5.73 Å². The van der Waals surface area contributed by atoms with Gasteiger partial charge in [-0.3, -0.25) is 4.98 Å². The van der Waals surface area contributed by atoms with E-state index >= 15 is 0 Å². The zero-order chi connectivity index (χ0) is 30.8. The highest BCUT2D eigenvalue weighted by Gasteiger charge is 2.48. The Bertz CT molecular complexity index is 1590. The largest absolute Gasteiger partial charge is 0.492 e. The summed E-state index contributed by atoms with van der Waals surface area (Å²) in [5.41, 5.74) is 6.25. The minimum atomic E-state index is -3.34. The molecule has 0 bridgehead atoms. The van der Waals surface area contributed by atoms with Crippen LogP contribution in [0.1, 0.15) is 25.3 Å². The van der Waals surface area contributed by atoms with Crippen molar-refractivity contribution in [1.29, 1.82) is 0 Å². The number of nitrogens with zero attached hydrogens (tertiary/aromatic N) is 7. The number of halogens is 5. The van der Waals surface area contributed by atoms with Crippen LogP contribution in [0.3, 0.4) is 0 Å². The number of fused-ring (bicyclic) bond motifs is 1. The Morgan fingerprint density at radius 2 is 1.93 bits per heavy atom. The van der Waals surface area contributed by atoms with E-state index in [1.165, 1.54) is 43.0 Å². The van der Waals surface area contributed by atoms with E-state index in [2.05, 4.69) is 30.2 Å². The molecular weight excluding hydrogens is 577 g/mol. The third-order valence-corrected chi connectivity index (χ3v) is 6.99. The van der Waals surface area contributed by atoms with Gasteiger partial charge in [0.05, 0.1) is 49.8 Å². The molecule has 0 saturated carbocycles. The highest BCUT2D eigenvalue weighted by atomic mass is 19.3. The summed E-state index contributed by atoms with van der Waals surface area (Å²) in [7, 11) is 1.31. The Balaban J connectivity index is 1.57. The second-order valence-corrected chi connectivity index (χ2v) is 10.3. The Kier molecular flexibility index (Phi) is 8.59. The lowest BCUT2D eigenvalue weighted by molar-refractivity contribution is -0.0463. The third kappa shape index (κ3) is 6.74. The minimum Gasteiger partial charge on any atom is -0.492 e. The Labute approximate surface area is 243 Å². The zero-order valence-electron chi connectivity index (χ0n) is 23.4. The molecule has 1 aliphatic rings. The van der Waals surface area contributed by atoms with Gasteiger partial charge in [-0.15, -0.1) is 0 Å². The number of anilines is 2. The van der Waals surface area contributed by atoms with Crippen LogP contribution in [0.25, 0.3) is 22.6 Å². The van der Waals surface area contributed by atoms with E-state index in [1.54, 1.807) is 10.6 Å². The predicted molar refractivity (Wildman–Crippen MR) is 148 cm³/mol. The summed E-state index contributed by atoms with van der Waals surface area (Å²) in [5.74, 6) is -3.82. The number of methoxy groups -OCH3 is 1. The molecule has 0 spiro atoms. The van der Waals surface area contributed by atoms with Crippen LogP contribution < -0.4 is 20.7 Å². The van der Waals surface area contributed by atoms with Crippen molar-refractivity contribution in [3.63, 3.8) is 0 Å². The standard InChI is InChI=1S/C27H30F5N9O2/c1-3-43-15-38-24-22-25(36-13-35-24)40(14-37-22)9-16-6-18(17-4-5-20(42-2)23(30)39-17)34-8-19(16)41-11-26(33,7-21(28)29)10-27(31,32)12-41/h4-6,8,13-14,21H,3,7,9-12,15,33H2,1-2H3,(H,35,36,38)/t26-/m1/s1. The molecule has 5 heterocycles. The number of hydrogen-bond donors (Lipinski definition) is 2. The normalized spacial score (nSPS) is 18.4. The molecule has 16 heteroatoms. The second kappa shape index (κ2) is 12.2. The van der Waals surface area contributed by atoms with Crippen molar-refractivity contribution in [3.05, 3.63) is 48.6 Å². The predicted octanol–water partition coefficient (Wildman–Crippen LogP) is 4.08. The highest BCUT2D eigenvalue weighted by Crippen LogP contribution is 2.39. The maximum absolute atomic E-state index is 14.9. The van der Waals surface area contributed by atoms with Gasteiger partial charge in [-0.25, -0.2) is 37.5 Å². The first kappa shape index (κ1) is 30.3. The lowest BCUT2D eigenvalue weighted by Gasteiger charge is -2.45. The van der Waals surface area contributed by atoms with Gasteiger partial charge in [0.1, 0.15) is 18.6 Å². The number of pyridine rings is 2. The molecule has 4 aromatic rings. The van der Waals surface area contributed by atoms with Crippen molar-refractivity contribution in [1.82, 2.24) is 29.5 Å². The quantitative estimate of drug-likeness (QED) is 0.111. The molecule has 0 radical (unpaired) electrons. The van der Waals surface area contributed by atoms with Gasteiger partial charge >= 0.3 is 0 Å². The molecule has 0 aliphatic carbocycles. The van der Waals surface area contributed by atoms with Gasteiger partial charge < -0.3 is 30.0 Å². The summed E-state index contributed by atoms with van der Waals surface area (Å²) in [5, 5.41) is 3.03. The van der Waals surface area contributed by atoms with Gasteiger partial charge in [0, 0.05) is 31.5 Å². The van der Waals surface area contributed by atoms with Crippen LogP contribution in [0.5, 0.6) is 5.75 Å². The molecule has 1 saturated heterocycles. The van der Waals surface area contributed by atoms with Crippen LogP contribution >= 0.6 is 0 Å². The number of alkyl halides is 4. The highest BCUT2D eigenvalue weighted by molar-refractivity contribution is 5.82. The Morgan fingerprint density at radius 3 is 2.65 bits per heavy atom. The summed E-state index contributed by atoms with van der Waals surface area (Å²) >= 11 is 0. The van der Waals surface area contributed by atoms with Gasteiger partial charge in [-0.1, -0.05) is 0 Å². The van der Waals surface area contributed by atoms with Crippen LogP contribution in [0.2, 0.25) is 0 Å². The maximum atomic E-state index is 14.9. The minimum absolute atomic E-state index is 0.0520. The van der Waals surface area contributed by atoms with Gasteiger partial charge in [-0.2, -0.15) is 4.39 Å². The molecule has 4 aromatic heterocycles. The molecule has 230 valence electrons. The average molecular weight is 608 g/mol. The Hall–Kier alpha value is -4.18. The van der Waals surface area contributed by atoms with E-state index in [1.807, 2.05) is 6.92 Å². The first-order valence-corrected chi connectivity index (χ1v) is 13.4. The monoisotopic (exact) mass is 607 g/mol. The van der Waals surface area contributed by atoms with Gasteiger partial charge in [-0.05, 0) is 30.7 Å². The van der Waals surface area contributed by atoms with Gasteiger partial charge in [0.2, 0.25) is 6.43 Å². The topological polar surface area (TPSA) is 129 Å². The number of nitrogens with two attached hydrogens (primary N) is 1. The second-order valence-electron chi connectivity index (χ2n) is 10.3. The maximum Gasteiger partial charge on any atom is 0.267 e. The van der Waals surface area contributed by atoms with Crippen LogP contribution in [-0.4, -0.2) is 80.9 Å². The van der Waals surface area contributed by atoms with E-state index in [-0.39, 0.29) is 42.6 Å². The van der Waals surface area contributed by atoms with Crippen LogP contribution in [0, 0.1) is 5.95 Å². The SMILES string of the molecule is CCOCNc1ncnc2c1ncn2Cc1cc(-c2ccc(OC)c(F)n2)ncc1N1CC(F)(F)C[C@](N)(CC(F)F)C1. The molecule has 5 rings (SSSR count). The molecule has 1 fully saturated rings. The molecular formula is C27H30F5N9O2. The van der Waals surface area contributed by atoms with Crippen molar-refractivity contribution in [2.45, 2.75) is 44.2 Å². The lowest BCUT2D eigenvalue weighted by Crippen LogP contribution is -2.62. The molecule has 1 aliphatic heterocycles. The molecule has 0 aromatic carbocycles. The van der Waals surface area contributed by atoms with Crippen LogP contribution in [0.15, 0.2) is 37.1 Å². The first-order valence-electron chi connectivity index (χ1n) is 13.4. The molecule has 43 heavy (non-hydrogen) atoms. The number of hydrogen-bond acceptors (Lipinski definition) is 10. The fraction of sp³-hybridized carbons (Fsp3) is 0.444. The van der Waals surface area contributed by atoms with Crippen LogP contribution in [0.4, 0.5) is 33.5 Å². The lowest BCUT2D eigenvalue weighted by atomic mass is 9.84. The summed E-state index contributed by atoms with van der Waals surface area (Å²) in [6.07, 6.45) is -0.445. The molecule has 0 amide bonds. The third-order valence-electron chi connectivity index (χ3n) is 6.99. The molecule has 3 N–H and O–H groups in total. The zero-order valence-corrected chi connectivity index (χ0v) is 23.4. The molecule has 1 atom stereocenters. The van der Waals surface area contributed by atoms with E-state index < -0.39 is 43.2 Å². The first-order chi connectivity index (χ1) is 20.5.